The average Bonchev–Trinajstić information content (AvgIpc) is 3.12. The first-order chi connectivity index (χ1) is 11.1. The van der Waals surface area contributed by atoms with E-state index < -0.39 is 6.98 Å². The van der Waals surface area contributed by atoms with Gasteiger partial charge < -0.3 is 4.57 Å². The van der Waals surface area contributed by atoms with E-state index in [4.69, 9.17) is 4.11 Å². The van der Waals surface area contributed by atoms with Gasteiger partial charge in [0, 0.05) is 35.1 Å². The standard InChI is InChI=1S/C15H12N5/c1-18-12-7-16-6-4-11(12)20-9-19-8-10-3-2-5-17-13(10)14(19)15(18)20/h2-7,9H,8H2,1H3/q+1/i1D3. The smallest absolute Gasteiger partial charge is 0.256 e. The van der Waals surface area contributed by atoms with Gasteiger partial charge in [0.25, 0.3) is 12.0 Å². The van der Waals surface area contributed by atoms with Crippen LogP contribution in [0.25, 0.3) is 28.1 Å². The summed E-state index contributed by atoms with van der Waals surface area (Å²) in [5.74, 6) is 0. The molecule has 0 saturated heterocycles. The van der Waals surface area contributed by atoms with Crippen LogP contribution in [0.2, 0.25) is 0 Å². The van der Waals surface area contributed by atoms with Crippen LogP contribution in [-0.2, 0) is 13.5 Å². The van der Waals surface area contributed by atoms with Crippen molar-refractivity contribution in [1.29, 1.82) is 0 Å². The molecule has 5 heterocycles. The van der Waals surface area contributed by atoms with Crippen LogP contribution < -0.4 is 4.57 Å². The Hall–Kier alpha value is -2.69. The zero-order valence-corrected chi connectivity index (χ0v) is 10.5. The molecule has 0 spiro atoms. The minimum Gasteiger partial charge on any atom is -0.303 e. The number of rotatable bonds is 0. The second-order valence-electron chi connectivity index (χ2n) is 5.00. The molecule has 96 valence electrons. The highest BCUT2D eigenvalue weighted by Gasteiger charge is 2.33. The molecule has 5 heteroatoms. The van der Waals surface area contributed by atoms with Crippen molar-refractivity contribution < 1.29 is 8.68 Å². The number of hydrogen-bond acceptors (Lipinski definition) is 2. The predicted octanol–water partition coefficient (Wildman–Crippen LogP) is 1.54. The van der Waals surface area contributed by atoms with Crippen LogP contribution in [0.3, 0.4) is 0 Å². The molecule has 1 aliphatic heterocycles. The van der Waals surface area contributed by atoms with Crippen molar-refractivity contribution >= 4 is 16.7 Å². The lowest BCUT2D eigenvalue weighted by Gasteiger charge is -1.94. The van der Waals surface area contributed by atoms with Crippen LogP contribution in [0.5, 0.6) is 0 Å². The summed E-state index contributed by atoms with van der Waals surface area (Å²) in [6.45, 7) is -1.59. The summed E-state index contributed by atoms with van der Waals surface area (Å²) in [5, 5.41) is 0. The van der Waals surface area contributed by atoms with Gasteiger partial charge in [-0.2, -0.15) is 4.40 Å². The molecule has 0 fully saturated rings. The van der Waals surface area contributed by atoms with Crippen molar-refractivity contribution in [2.24, 2.45) is 6.98 Å². The Balaban J connectivity index is 2.02. The lowest BCUT2D eigenvalue weighted by Crippen LogP contribution is -2.29. The molecular formula is C15H12N5+. The SMILES string of the molecule is [2H]C([2H])([2H])n1c2cnccc2n2c[n+]3c(c12)-c1ncccc1C3. The summed E-state index contributed by atoms with van der Waals surface area (Å²) in [6, 6.07) is 5.76. The van der Waals surface area contributed by atoms with Crippen molar-refractivity contribution in [2.75, 3.05) is 0 Å². The van der Waals surface area contributed by atoms with Gasteiger partial charge in [-0.1, -0.05) is 6.07 Å². The molecule has 0 saturated carbocycles. The van der Waals surface area contributed by atoms with Crippen LogP contribution in [0, 0.1) is 0 Å². The average molecular weight is 265 g/mol. The predicted molar refractivity (Wildman–Crippen MR) is 74.2 cm³/mol. The third-order valence-electron chi connectivity index (χ3n) is 3.93. The van der Waals surface area contributed by atoms with Crippen LogP contribution in [0.1, 0.15) is 9.68 Å². The fourth-order valence-corrected chi connectivity index (χ4v) is 3.08. The van der Waals surface area contributed by atoms with Gasteiger partial charge in [0.05, 0.1) is 6.20 Å². The molecule has 0 bridgehead atoms. The molecule has 5 rings (SSSR count). The zero-order valence-electron chi connectivity index (χ0n) is 13.5. The van der Waals surface area contributed by atoms with Gasteiger partial charge in [0.15, 0.2) is 5.52 Å². The Morgan fingerprint density at radius 1 is 1.30 bits per heavy atom. The van der Waals surface area contributed by atoms with E-state index in [0.29, 0.717) is 17.7 Å². The first-order valence-electron chi connectivity index (χ1n) is 7.89. The van der Waals surface area contributed by atoms with Gasteiger partial charge in [-0.25, -0.2) is 4.57 Å². The number of hydrogen-bond donors (Lipinski definition) is 0. The molecule has 0 aromatic carbocycles. The van der Waals surface area contributed by atoms with Crippen LogP contribution >= 0.6 is 0 Å². The van der Waals surface area contributed by atoms with E-state index in [2.05, 4.69) is 14.5 Å². The van der Waals surface area contributed by atoms with Crippen LogP contribution in [0.15, 0.2) is 43.1 Å². The summed E-state index contributed by atoms with van der Waals surface area (Å²) in [6.07, 6.45) is 6.95. The maximum atomic E-state index is 7.96. The van der Waals surface area contributed by atoms with Crippen LogP contribution in [-0.4, -0.2) is 18.9 Å². The van der Waals surface area contributed by atoms with Crippen molar-refractivity contribution in [3.63, 3.8) is 0 Å². The molecule has 0 amide bonds. The van der Waals surface area contributed by atoms with E-state index in [1.165, 1.54) is 4.57 Å². The third-order valence-corrected chi connectivity index (χ3v) is 3.93. The van der Waals surface area contributed by atoms with Crippen LogP contribution in [0.4, 0.5) is 0 Å². The summed E-state index contributed by atoms with van der Waals surface area (Å²) in [5.41, 5.74) is 4.83. The summed E-state index contributed by atoms with van der Waals surface area (Å²) >= 11 is 0. The monoisotopic (exact) mass is 265 g/mol. The van der Waals surface area contributed by atoms with E-state index in [9.17, 15) is 0 Å². The lowest BCUT2D eigenvalue weighted by atomic mass is 10.2. The summed E-state index contributed by atoms with van der Waals surface area (Å²) in [7, 11) is 0. The van der Waals surface area contributed by atoms with Gasteiger partial charge in [0.1, 0.15) is 17.8 Å². The molecule has 5 nitrogen and oxygen atoms in total. The zero-order chi connectivity index (χ0) is 15.8. The second-order valence-corrected chi connectivity index (χ2v) is 5.00. The molecular weight excluding hydrogens is 250 g/mol. The van der Waals surface area contributed by atoms with Gasteiger partial charge in [-0.05, 0) is 6.07 Å². The Morgan fingerprint density at radius 2 is 2.30 bits per heavy atom. The highest BCUT2D eigenvalue weighted by Crippen LogP contribution is 2.31. The maximum Gasteiger partial charge on any atom is 0.256 e. The lowest BCUT2D eigenvalue weighted by molar-refractivity contribution is -0.671. The van der Waals surface area contributed by atoms with Crippen molar-refractivity contribution in [3.8, 4) is 11.4 Å². The molecule has 0 N–H and O–H groups in total. The van der Waals surface area contributed by atoms with E-state index in [-0.39, 0.29) is 0 Å². The highest BCUT2D eigenvalue weighted by atomic mass is 15.2. The fourth-order valence-electron chi connectivity index (χ4n) is 3.08. The molecule has 0 unspecified atom stereocenters. The Bertz CT molecular complexity index is 1090. The van der Waals surface area contributed by atoms with Crippen molar-refractivity contribution in [2.45, 2.75) is 6.54 Å². The largest absolute Gasteiger partial charge is 0.303 e. The summed E-state index contributed by atoms with van der Waals surface area (Å²) in [4.78, 5) is 8.56. The normalized spacial score (nSPS) is 15.9. The van der Waals surface area contributed by atoms with Crippen molar-refractivity contribution in [3.05, 3.63) is 48.7 Å². The number of pyridine rings is 2. The van der Waals surface area contributed by atoms with Gasteiger partial charge >= 0.3 is 0 Å². The van der Waals surface area contributed by atoms with E-state index >= 15 is 0 Å². The Morgan fingerprint density at radius 3 is 3.25 bits per heavy atom. The molecule has 20 heavy (non-hydrogen) atoms. The fraction of sp³-hybridized carbons (Fsp3) is 0.133. The Labute approximate surface area is 119 Å². The molecule has 0 radical (unpaired) electrons. The number of aryl methyl sites for hydroxylation is 1. The summed E-state index contributed by atoms with van der Waals surface area (Å²) < 4.78 is 29.2. The van der Waals surface area contributed by atoms with Gasteiger partial charge in [-0.3, -0.25) is 9.97 Å². The number of imidazole rings is 2. The second kappa shape index (κ2) is 3.25. The molecule has 0 atom stereocenters. The quantitative estimate of drug-likeness (QED) is 0.398. The van der Waals surface area contributed by atoms with E-state index in [1.54, 1.807) is 18.6 Å². The minimum atomic E-state index is -2.30. The van der Waals surface area contributed by atoms with Gasteiger partial charge in [-0.15, -0.1) is 0 Å². The van der Waals surface area contributed by atoms with E-state index in [0.717, 1.165) is 22.5 Å². The van der Waals surface area contributed by atoms with E-state index in [1.807, 2.05) is 28.9 Å². The first kappa shape index (κ1) is 7.79. The topological polar surface area (TPSA) is 39.0 Å². The van der Waals surface area contributed by atoms with Gasteiger partial charge in [0.2, 0.25) is 5.69 Å². The Kier molecular flexibility index (Phi) is 1.27. The maximum absolute atomic E-state index is 7.96. The molecule has 4 aromatic heterocycles. The molecule has 4 aromatic rings. The molecule has 0 aliphatic carbocycles. The highest BCUT2D eigenvalue weighted by molar-refractivity contribution is 5.86. The first-order valence-corrected chi connectivity index (χ1v) is 6.39. The molecule has 1 aliphatic rings. The third kappa shape index (κ3) is 1.02. The number of nitrogens with zero attached hydrogens (tertiary/aromatic N) is 5. The van der Waals surface area contributed by atoms with Crippen molar-refractivity contribution in [1.82, 2.24) is 18.9 Å². The number of aromatic nitrogens is 5. The minimum absolute atomic E-state index is 0.593. The number of fused-ring (bicyclic) bond motifs is 7.